The summed E-state index contributed by atoms with van der Waals surface area (Å²) in [6, 6.07) is 7.67. The number of halogens is 1. The number of nitrogens with zero attached hydrogens (tertiary/aromatic N) is 1. The second-order valence-electron chi connectivity index (χ2n) is 5.57. The highest BCUT2D eigenvalue weighted by molar-refractivity contribution is 5.94. The highest BCUT2D eigenvalue weighted by atomic mass is 19.1. The number of likely N-dealkylation sites (tertiary alicyclic amines) is 1. The maximum Gasteiger partial charge on any atom is 0.257 e. The van der Waals surface area contributed by atoms with Gasteiger partial charge in [0.05, 0.1) is 12.1 Å². The van der Waals surface area contributed by atoms with Crippen molar-refractivity contribution in [1.82, 2.24) is 4.90 Å². The van der Waals surface area contributed by atoms with Crippen LogP contribution in [0.5, 0.6) is 5.75 Å². The summed E-state index contributed by atoms with van der Waals surface area (Å²) in [4.78, 5) is 14.2. The van der Waals surface area contributed by atoms with Crippen LogP contribution in [-0.4, -0.2) is 30.0 Å². The van der Waals surface area contributed by atoms with Crippen LogP contribution in [0, 0.1) is 5.82 Å². The molecule has 1 aromatic carbocycles. The van der Waals surface area contributed by atoms with Gasteiger partial charge in [-0.25, -0.2) is 4.39 Å². The largest absolute Gasteiger partial charge is 0.490 e. The van der Waals surface area contributed by atoms with Crippen LogP contribution in [0.3, 0.4) is 0 Å². The third kappa shape index (κ3) is 3.71. The van der Waals surface area contributed by atoms with Gasteiger partial charge >= 0.3 is 0 Å². The number of carbonyl (C=O) groups excluding carboxylic acids is 1. The molecular formula is C17H19FN2O3. The molecule has 2 aromatic rings. The molecule has 0 saturated carbocycles. The van der Waals surface area contributed by atoms with Crippen molar-refractivity contribution in [2.45, 2.75) is 25.5 Å². The van der Waals surface area contributed by atoms with Gasteiger partial charge in [-0.3, -0.25) is 4.79 Å². The van der Waals surface area contributed by atoms with Gasteiger partial charge in [-0.1, -0.05) is 0 Å². The topological polar surface area (TPSA) is 68.7 Å². The summed E-state index contributed by atoms with van der Waals surface area (Å²) in [6.45, 7) is 1.52. The fourth-order valence-corrected chi connectivity index (χ4v) is 2.66. The molecule has 0 atom stereocenters. The average Bonchev–Trinajstić information content (AvgIpc) is 3.06. The standard InChI is InChI=1S/C17H19FN2O3/c18-13-1-3-14(4-2-13)23-15-5-7-20(8-6-15)17(21)12-9-16(10-19)22-11-12/h1-4,9,11,15H,5-8,10,19H2. The molecule has 1 aliphatic rings. The molecule has 23 heavy (non-hydrogen) atoms. The number of furan rings is 1. The molecule has 0 unspecified atom stereocenters. The van der Waals surface area contributed by atoms with Crippen molar-refractivity contribution in [3.05, 3.63) is 53.7 Å². The minimum absolute atomic E-state index is 0.0356. The third-order valence-electron chi connectivity index (χ3n) is 3.95. The number of rotatable bonds is 4. The maximum absolute atomic E-state index is 12.9. The molecule has 1 aliphatic heterocycles. The normalized spacial score (nSPS) is 15.7. The Bertz CT molecular complexity index is 661. The molecular weight excluding hydrogens is 299 g/mol. The first kappa shape index (κ1) is 15.6. The van der Waals surface area contributed by atoms with Crippen molar-refractivity contribution in [2.24, 2.45) is 5.73 Å². The lowest BCUT2D eigenvalue weighted by Crippen LogP contribution is -2.41. The van der Waals surface area contributed by atoms with Gasteiger partial charge in [0.1, 0.15) is 29.7 Å². The van der Waals surface area contributed by atoms with Gasteiger partial charge in [0, 0.05) is 25.9 Å². The van der Waals surface area contributed by atoms with E-state index in [1.54, 1.807) is 23.1 Å². The molecule has 1 aromatic heterocycles. The van der Waals surface area contributed by atoms with Crippen LogP contribution in [0.4, 0.5) is 4.39 Å². The van der Waals surface area contributed by atoms with Gasteiger partial charge in [-0.05, 0) is 30.3 Å². The van der Waals surface area contributed by atoms with Crippen molar-refractivity contribution in [2.75, 3.05) is 13.1 Å². The molecule has 1 amide bonds. The molecule has 1 saturated heterocycles. The Morgan fingerprint density at radius 2 is 2.00 bits per heavy atom. The smallest absolute Gasteiger partial charge is 0.257 e. The summed E-state index contributed by atoms with van der Waals surface area (Å²) >= 11 is 0. The highest BCUT2D eigenvalue weighted by Crippen LogP contribution is 2.21. The summed E-state index contributed by atoms with van der Waals surface area (Å²) in [6.07, 6.45) is 2.97. The SMILES string of the molecule is NCc1cc(C(=O)N2CCC(Oc3ccc(F)cc3)CC2)co1. The van der Waals surface area contributed by atoms with Crippen molar-refractivity contribution < 1.29 is 18.3 Å². The van der Waals surface area contributed by atoms with Gasteiger partial charge in [0.2, 0.25) is 0 Å². The van der Waals surface area contributed by atoms with Crippen LogP contribution < -0.4 is 10.5 Å². The number of carbonyl (C=O) groups is 1. The van der Waals surface area contributed by atoms with Crippen LogP contribution in [0.1, 0.15) is 29.0 Å². The maximum atomic E-state index is 12.9. The van der Waals surface area contributed by atoms with Crippen LogP contribution >= 0.6 is 0 Å². The summed E-state index contributed by atoms with van der Waals surface area (Å²) in [5.74, 6) is 0.921. The number of nitrogens with two attached hydrogens (primary N) is 1. The predicted octanol–water partition coefficient (Wildman–Crippen LogP) is 2.56. The van der Waals surface area contributed by atoms with Crippen LogP contribution in [-0.2, 0) is 6.54 Å². The molecule has 5 nitrogen and oxygen atoms in total. The summed E-state index contributed by atoms with van der Waals surface area (Å²) in [5, 5.41) is 0. The zero-order valence-electron chi connectivity index (χ0n) is 12.7. The lowest BCUT2D eigenvalue weighted by Gasteiger charge is -2.32. The van der Waals surface area contributed by atoms with E-state index in [0.29, 0.717) is 30.2 Å². The van der Waals surface area contributed by atoms with E-state index in [9.17, 15) is 9.18 Å². The van der Waals surface area contributed by atoms with Crippen LogP contribution in [0.2, 0.25) is 0 Å². The van der Waals surface area contributed by atoms with Crippen LogP contribution in [0.25, 0.3) is 0 Å². The minimum Gasteiger partial charge on any atom is -0.490 e. The Balaban J connectivity index is 1.53. The van der Waals surface area contributed by atoms with Crippen molar-refractivity contribution in [3.8, 4) is 5.75 Å². The first-order chi connectivity index (χ1) is 11.2. The summed E-state index contributed by atoms with van der Waals surface area (Å²) in [5.41, 5.74) is 6.01. The third-order valence-corrected chi connectivity index (χ3v) is 3.95. The molecule has 0 spiro atoms. The Morgan fingerprint density at radius 3 is 2.61 bits per heavy atom. The Kier molecular flexibility index (Phi) is 4.62. The molecule has 0 bridgehead atoms. The van der Waals surface area contributed by atoms with E-state index in [1.807, 2.05) is 0 Å². The van der Waals surface area contributed by atoms with E-state index in [4.69, 9.17) is 14.9 Å². The van der Waals surface area contributed by atoms with E-state index in [2.05, 4.69) is 0 Å². The lowest BCUT2D eigenvalue weighted by molar-refractivity contribution is 0.0595. The number of ether oxygens (including phenoxy) is 1. The Hall–Kier alpha value is -2.34. The quantitative estimate of drug-likeness (QED) is 0.940. The molecule has 0 radical (unpaired) electrons. The van der Waals surface area contributed by atoms with Gasteiger partial charge in [0.15, 0.2) is 0 Å². The van der Waals surface area contributed by atoms with Crippen molar-refractivity contribution >= 4 is 5.91 Å². The van der Waals surface area contributed by atoms with Gasteiger partial charge in [0.25, 0.3) is 5.91 Å². The molecule has 0 aliphatic carbocycles. The molecule has 122 valence electrons. The molecule has 6 heteroatoms. The number of amides is 1. The first-order valence-electron chi connectivity index (χ1n) is 7.64. The fraction of sp³-hybridized carbons (Fsp3) is 0.353. The summed E-state index contributed by atoms with van der Waals surface area (Å²) < 4.78 is 23.9. The second kappa shape index (κ2) is 6.83. The van der Waals surface area contributed by atoms with E-state index in [0.717, 1.165) is 12.8 Å². The highest BCUT2D eigenvalue weighted by Gasteiger charge is 2.25. The van der Waals surface area contributed by atoms with E-state index in [1.165, 1.54) is 18.4 Å². The fourth-order valence-electron chi connectivity index (χ4n) is 2.66. The molecule has 2 N–H and O–H groups in total. The Labute approximate surface area is 133 Å². The van der Waals surface area contributed by atoms with E-state index < -0.39 is 0 Å². The minimum atomic E-state index is -0.283. The average molecular weight is 318 g/mol. The lowest BCUT2D eigenvalue weighted by atomic mass is 10.1. The van der Waals surface area contributed by atoms with Crippen molar-refractivity contribution in [3.63, 3.8) is 0 Å². The zero-order chi connectivity index (χ0) is 16.2. The molecule has 1 fully saturated rings. The van der Waals surface area contributed by atoms with Gasteiger partial charge < -0.3 is 19.8 Å². The number of piperidine rings is 1. The van der Waals surface area contributed by atoms with E-state index >= 15 is 0 Å². The number of hydrogen-bond acceptors (Lipinski definition) is 4. The zero-order valence-corrected chi connectivity index (χ0v) is 12.7. The molecule has 2 heterocycles. The second-order valence-corrected chi connectivity index (χ2v) is 5.57. The Morgan fingerprint density at radius 1 is 1.30 bits per heavy atom. The first-order valence-corrected chi connectivity index (χ1v) is 7.64. The predicted molar refractivity (Wildman–Crippen MR) is 82.6 cm³/mol. The van der Waals surface area contributed by atoms with Gasteiger partial charge in [-0.2, -0.15) is 0 Å². The summed E-state index contributed by atoms with van der Waals surface area (Å²) in [7, 11) is 0. The number of benzene rings is 1. The van der Waals surface area contributed by atoms with E-state index in [-0.39, 0.29) is 24.4 Å². The van der Waals surface area contributed by atoms with Gasteiger partial charge in [-0.15, -0.1) is 0 Å². The van der Waals surface area contributed by atoms with Crippen LogP contribution in [0.15, 0.2) is 41.0 Å². The monoisotopic (exact) mass is 318 g/mol. The van der Waals surface area contributed by atoms with Crippen molar-refractivity contribution in [1.29, 1.82) is 0 Å². The molecule has 3 rings (SSSR count). The number of hydrogen-bond donors (Lipinski definition) is 1.